The fraction of sp³-hybridized carbons (Fsp3) is 0.467. The molecule has 1 fully saturated rings. The largest absolute Gasteiger partial charge is 0.493 e. The fourth-order valence-corrected chi connectivity index (χ4v) is 3.52. The molecule has 1 heterocycles. The van der Waals surface area contributed by atoms with Gasteiger partial charge in [-0.1, -0.05) is 0 Å². The summed E-state index contributed by atoms with van der Waals surface area (Å²) in [5, 5.41) is -0.310. The van der Waals surface area contributed by atoms with Crippen molar-refractivity contribution in [3.8, 4) is 17.2 Å². The Morgan fingerprint density at radius 1 is 1.17 bits per heavy atom. The second-order valence-corrected chi connectivity index (χ2v) is 5.79. The van der Waals surface area contributed by atoms with Crippen molar-refractivity contribution in [3.05, 3.63) is 17.7 Å². The van der Waals surface area contributed by atoms with Gasteiger partial charge in [0.15, 0.2) is 11.5 Å². The Kier molecular flexibility index (Phi) is 5.59. The first-order chi connectivity index (χ1) is 11.0. The minimum atomic E-state index is -0.460. The van der Waals surface area contributed by atoms with E-state index >= 15 is 0 Å². The Hall–Kier alpha value is -2.09. The van der Waals surface area contributed by atoms with Crippen LogP contribution >= 0.6 is 11.8 Å². The van der Waals surface area contributed by atoms with Gasteiger partial charge in [0, 0.05) is 0 Å². The molecule has 0 aliphatic carbocycles. The number of hydrogen-bond acceptors (Lipinski definition) is 7. The number of thioether (sulfide) groups is 1. The van der Waals surface area contributed by atoms with Crippen LogP contribution in [0.2, 0.25) is 0 Å². The van der Waals surface area contributed by atoms with Crippen LogP contribution in [0.15, 0.2) is 12.1 Å². The number of ether oxygens (including phenoxy) is 4. The summed E-state index contributed by atoms with van der Waals surface area (Å²) < 4.78 is 20.6. The first-order valence-corrected chi connectivity index (χ1v) is 7.88. The Balaban J connectivity index is 2.39. The number of carbonyl (C=O) groups is 2. The third-order valence-electron chi connectivity index (χ3n) is 3.47. The lowest BCUT2D eigenvalue weighted by Crippen LogP contribution is -2.34. The van der Waals surface area contributed by atoms with Crippen LogP contribution in [-0.2, 0) is 14.3 Å². The van der Waals surface area contributed by atoms with Crippen LogP contribution < -0.4 is 14.2 Å². The molecule has 1 aliphatic rings. The van der Waals surface area contributed by atoms with Crippen LogP contribution in [-0.4, -0.2) is 57.5 Å². The predicted octanol–water partition coefficient (Wildman–Crippen LogP) is 1.46. The monoisotopic (exact) mass is 341 g/mol. The molecule has 1 atom stereocenters. The van der Waals surface area contributed by atoms with Crippen LogP contribution in [0.4, 0.5) is 0 Å². The number of esters is 1. The Labute approximate surface area is 138 Å². The summed E-state index contributed by atoms with van der Waals surface area (Å²) in [5.41, 5.74) is 0.791. The van der Waals surface area contributed by atoms with Crippen LogP contribution in [0.1, 0.15) is 10.9 Å². The van der Waals surface area contributed by atoms with E-state index in [-0.39, 0.29) is 17.8 Å². The number of hydrogen-bond donors (Lipinski definition) is 0. The maximum Gasteiger partial charge on any atom is 0.325 e. The zero-order valence-electron chi connectivity index (χ0n) is 13.5. The lowest BCUT2D eigenvalue weighted by molar-refractivity contribution is -0.146. The molecule has 1 aromatic rings. The minimum absolute atomic E-state index is 0.0936. The van der Waals surface area contributed by atoms with Gasteiger partial charge in [-0.05, 0) is 17.7 Å². The van der Waals surface area contributed by atoms with E-state index in [1.807, 2.05) is 0 Å². The summed E-state index contributed by atoms with van der Waals surface area (Å²) in [5.74, 6) is 1.21. The average Bonchev–Trinajstić information content (AvgIpc) is 2.93. The Morgan fingerprint density at radius 3 is 2.26 bits per heavy atom. The molecule has 1 aliphatic heterocycles. The molecule has 0 aromatic heterocycles. The van der Waals surface area contributed by atoms with Gasteiger partial charge in [-0.25, -0.2) is 0 Å². The maximum absolute atomic E-state index is 12.1. The van der Waals surface area contributed by atoms with Crippen molar-refractivity contribution in [3.63, 3.8) is 0 Å². The molecular weight excluding hydrogens is 322 g/mol. The quantitative estimate of drug-likeness (QED) is 0.725. The highest BCUT2D eigenvalue weighted by molar-refractivity contribution is 8.00. The summed E-state index contributed by atoms with van der Waals surface area (Å²) in [4.78, 5) is 25.1. The highest BCUT2D eigenvalue weighted by Crippen LogP contribution is 2.45. The molecule has 0 radical (unpaired) electrons. The summed E-state index contributed by atoms with van der Waals surface area (Å²) in [6, 6.07) is 3.56. The van der Waals surface area contributed by atoms with Gasteiger partial charge >= 0.3 is 5.97 Å². The van der Waals surface area contributed by atoms with Crippen LogP contribution in [0.3, 0.4) is 0 Å². The average molecular weight is 341 g/mol. The van der Waals surface area contributed by atoms with Gasteiger partial charge in [-0.2, -0.15) is 0 Å². The predicted molar refractivity (Wildman–Crippen MR) is 85.0 cm³/mol. The van der Waals surface area contributed by atoms with E-state index in [1.165, 1.54) is 45.1 Å². The number of nitrogens with zero attached hydrogens (tertiary/aromatic N) is 1. The van der Waals surface area contributed by atoms with Crippen molar-refractivity contribution in [2.45, 2.75) is 5.37 Å². The molecule has 1 aromatic carbocycles. The number of benzene rings is 1. The molecule has 126 valence electrons. The van der Waals surface area contributed by atoms with Gasteiger partial charge in [0.1, 0.15) is 11.9 Å². The standard InChI is InChI=1S/C15H19NO6S/c1-19-10-5-9(6-11(20-2)14(10)22-4)15-16(7-13(18)21-3)12(17)8-23-15/h5-6,15H,7-8H2,1-4H3. The van der Waals surface area contributed by atoms with E-state index in [1.54, 1.807) is 12.1 Å². The second kappa shape index (κ2) is 7.45. The number of amides is 1. The molecule has 0 saturated carbocycles. The van der Waals surface area contributed by atoms with Gasteiger partial charge in [-0.15, -0.1) is 11.8 Å². The molecule has 1 saturated heterocycles. The third kappa shape index (κ3) is 3.47. The molecule has 8 heteroatoms. The Bertz CT molecular complexity index is 581. The first kappa shape index (κ1) is 17.3. The van der Waals surface area contributed by atoms with Gasteiger partial charge < -0.3 is 23.8 Å². The van der Waals surface area contributed by atoms with E-state index in [0.717, 1.165) is 5.56 Å². The maximum atomic E-state index is 12.1. The van der Waals surface area contributed by atoms with Crippen molar-refractivity contribution in [2.75, 3.05) is 40.7 Å². The molecule has 0 bridgehead atoms. The SMILES string of the molecule is COC(=O)CN1C(=O)CSC1c1cc(OC)c(OC)c(OC)c1. The number of carbonyl (C=O) groups excluding carboxylic acids is 2. The van der Waals surface area contributed by atoms with E-state index in [4.69, 9.17) is 14.2 Å². The van der Waals surface area contributed by atoms with Crippen LogP contribution in [0.5, 0.6) is 17.2 Å². The smallest absolute Gasteiger partial charge is 0.325 e. The van der Waals surface area contributed by atoms with E-state index in [0.29, 0.717) is 23.0 Å². The molecule has 7 nitrogen and oxygen atoms in total. The highest BCUT2D eigenvalue weighted by atomic mass is 32.2. The van der Waals surface area contributed by atoms with Gasteiger partial charge in [-0.3, -0.25) is 9.59 Å². The molecule has 1 amide bonds. The topological polar surface area (TPSA) is 74.3 Å². The summed E-state index contributed by atoms with van der Waals surface area (Å²) in [6.07, 6.45) is 0. The lowest BCUT2D eigenvalue weighted by Gasteiger charge is -2.24. The summed E-state index contributed by atoms with van der Waals surface area (Å²) in [6.45, 7) is -0.0936. The normalized spacial score (nSPS) is 17.1. The third-order valence-corrected chi connectivity index (χ3v) is 4.72. The number of methoxy groups -OCH3 is 4. The van der Waals surface area contributed by atoms with Crippen molar-refractivity contribution >= 4 is 23.6 Å². The minimum Gasteiger partial charge on any atom is -0.493 e. The fourth-order valence-electron chi connectivity index (χ4n) is 2.35. The zero-order valence-corrected chi connectivity index (χ0v) is 14.3. The van der Waals surface area contributed by atoms with Crippen molar-refractivity contribution in [2.24, 2.45) is 0 Å². The van der Waals surface area contributed by atoms with Gasteiger partial charge in [0.05, 0.1) is 34.2 Å². The molecule has 0 N–H and O–H groups in total. The zero-order chi connectivity index (χ0) is 17.0. The van der Waals surface area contributed by atoms with Crippen LogP contribution in [0, 0.1) is 0 Å². The van der Waals surface area contributed by atoms with Gasteiger partial charge in [0.25, 0.3) is 0 Å². The highest BCUT2D eigenvalue weighted by Gasteiger charge is 2.35. The van der Waals surface area contributed by atoms with Crippen molar-refractivity contribution in [1.29, 1.82) is 0 Å². The molecule has 23 heavy (non-hydrogen) atoms. The summed E-state index contributed by atoms with van der Waals surface area (Å²) >= 11 is 1.43. The van der Waals surface area contributed by atoms with Crippen molar-refractivity contribution < 1.29 is 28.5 Å². The van der Waals surface area contributed by atoms with E-state index < -0.39 is 5.97 Å². The first-order valence-electron chi connectivity index (χ1n) is 6.83. The van der Waals surface area contributed by atoms with Gasteiger partial charge in [0.2, 0.25) is 11.7 Å². The second-order valence-electron chi connectivity index (χ2n) is 4.72. The molecule has 0 spiro atoms. The van der Waals surface area contributed by atoms with Crippen LogP contribution in [0.25, 0.3) is 0 Å². The molecule has 2 rings (SSSR count). The van der Waals surface area contributed by atoms with E-state index in [2.05, 4.69) is 4.74 Å². The van der Waals surface area contributed by atoms with Crippen molar-refractivity contribution in [1.82, 2.24) is 4.90 Å². The molecule has 1 unspecified atom stereocenters. The number of rotatable bonds is 6. The molecular formula is C15H19NO6S. The Morgan fingerprint density at radius 2 is 1.78 bits per heavy atom. The summed E-state index contributed by atoms with van der Waals surface area (Å²) in [7, 11) is 5.88. The lowest BCUT2D eigenvalue weighted by atomic mass is 10.1. The van der Waals surface area contributed by atoms with E-state index in [9.17, 15) is 9.59 Å².